The Labute approximate surface area is 123 Å². The highest BCUT2D eigenvalue weighted by molar-refractivity contribution is 5.89. The van der Waals surface area contributed by atoms with Crippen LogP contribution < -0.4 is 10.6 Å². The van der Waals surface area contributed by atoms with E-state index in [0.29, 0.717) is 25.6 Å². The van der Waals surface area contributed by atoms with Crippen molar-refractivity contribution in [3.63, 3.8) is 0 Å². The first kappa shape index (κ1) is 13.7. The minimum atomic E-state index is -0.282. The number of cyclic esters (lactones) is 1. The second-order valence-electron chi connectivity index (χ2n) is 5.51. The number of carbonyl (C=O) groups excluding carboxylic acids is 2. The summed E-state index contributed by atoms with van der Waals surface area (Å²) in [6, 6.07) is 7.33. The van der Waals surface area contributed by atoms with E-state index in [1.54, 1.807) is 4.90 Å². The molecule has 1 aromatic carbocycles. The summed E-state index contributed by atoms with van der Waals surface area (Å²) >= 11 is 0. The number of carbonyl (C=O) groups is 2. The maximum absolute atomic E-state index is 11.7. The number of benzene rings is 1. The van der Waals surface area contributed by atoms with Gasteiger partial charge in [0, 0.05) is 18.8 Å². The van der Waals surface area contributed by atoms with E-state index in [2.05, 4.69) is 10.6 Å². The van der Waals surface area contributed by atoms with E-state index in [-0.39, 0.29) is 12.1 Å². The van der Waals surface area contributed by atoms with Crippen LogP contribution in [0.2, 0.25) is 0 Å². The van der Waals surface area contributed by atoms with Crippen molar-refractivity contribution in [3.05, 3.63) is 29.8 Å². The third-order valence-corrected chi connectivity index (χ3v) is 3.65. The maximum atomic E-state index is 11.7. The summed E-state index contributed by atoms with van der Waals surface area (Å²) in [7, 11) is 0. The minimum Gasteiger partial charge on any atom is -0.448 e. The number of amides is 3. The summed E-state index contributed by atoms with van der Waals surface area (Å²) in [6.45, 7) is 2.29. The first-order valence-corrected chi connectivity index (χ1v) is 7.26. The first-order valence-electron chi connectivity index (χ1n) is 7.26. The molecule has 21 heavy (non-hydrogen) atoms. The molecular weight excluding hydrogens is 270 g/mol. The number of rotatable bonds is 5. The summed E-state index contributed by atoms with van der Waals surface area (Å²) in [4.78, 5) is 24.8. The molecule has 1 saturated carbocycles. The van der Waals surface area contributed by atoms with Gasteiger partial charge < -0.3 is 20.3 Å². The second kappa shape index (κ2) is 6.03. The molecule has 0 bridgehead atoms. The molecule has 1 aliphatic carbocycles. The molecule has 3 rings (SSSR count). The highest BCUT2D eigenvalue weighted by Crippen LogP contribution is 2.27. The number of anilines is 1. The van der Waals surface area contributed by atoms with E-state index in [9.17, 15) is 9.59 Å². The Morgan fingerprint density at radius 3 is 2.95 bits per heavy atom. The zero-order valence-electron chi connectivity index (χ0n) is 11.8. The lowest BCUT2D eigenvalue weighted by atomic mass is 10.2. The van der Waals surface area contributed by atoms with Crippen LogP contribution in [-0.4, -0.2) is 36.7 Å². The van der Waals surface area contributed by atoms with E-state index in [1.165, 1.54) is 12.8 Å². The fraction of sp³-hybridized carbons (Fsp3) is 0.467. The standard InChI is InChI=1S/C15H19N3O3/c19-14(16-9-11-4-5-11)17-13-3-1-2-12(8-13)10-18-6-7-21-15(18)20/h1-3,8,11H,4-7,9-10H2,(H2,16,17,19). The number of hydrogen-bond acceptors (Lipinski definition) is 3. The lowest BCUT2D eigenvalue weighted by Crippen LogP contribution is -2.30. The summed E-state index contributed by atoms with van der Waals surface area (Å²) in [5.74, 6) is 0.656. The fourth-order valence-corrected chi connectivity index (χ4v) is 2.27. The number of hydrogen-bond donors (Lipinski definition) is 2. The average Bonchev–Trinajstić information content (AvgIpc) is 3.21. The molecule has 0 radical (unpaired) electrons. The highest BCUT2D eigenvalue weighted by atomic mass is 16.6. The van der Waals surface area contributed by atoms with Crippen molar-refractivity contribution in [2.45, 2.75) is 19.4 Å². The predicted molar refractivity (Wildman–Crippen MR) is 77.9 cm³/mol. The zero-order chi connectivity index (χ0) is 14.7. The Morgan fingerprint density at radius 2 is 2.24 bits per heavy atom. The largest absolute Gasteiger partial charge is 0.448 e. The molecule has 2 fully saturated rings. The van der Waals surface area contributed by atoms with Crippen molar-refractivity contribution in [2.24, 2.45) is 5.92 Å². The van der Waals surface area contributed by atoms with Crippen LogP contribution in [0.4, 0.5) is 15.3 Å². The monoisotopic (exact) mass is 289 g/mol. The molecule has 1 heterocycles. The molecule has 0 aromatic heterocycles. The van der Waals surface area contributed by atoms with Gasteiger partial charge in [-0.25, -0.2) is 9.59 Å². The Morgan fingerprint density at radius 1 is 1.38 bits per heavy atom. The number of nitrogens with one attached hydrogen (secondary N) is 2. The van der Waals surface area contributed by atoms with Crippen molar-refractivity contribution < 1.29 is 14.3 Å². The van der Waals surface area contributed by atoms with Gasteiger partial charge in [0.1, 0.15) is 6.61 Å². The SMILES string of the molecule is O=C(NCC1CC1)Nc1cccc(CN2CCOC2=O)c1. The maximum Gasteiger partial charge on any atom is 0.410 e. The number of nitrogens with zero attached hydrogens (tertiary/aromatic N) is 1. The van der Waals surface area contributed by atoms with E-state index in [4.69, 9.17) is 4.74 Å². The molecule has 0 unspecified atom stereocenters. The van der Waals surface area contributed by atoms with Crippen LogP contribution in [0.5, 0.6) is 0 Å². The van der Waals surface area contributed by atoms with Crippen LogP contribution in [0.25, 0.3) is 0 Å². The van der Waals surface area contributed by atoms with Gasteiger partial charge in [-0.3, -0.25) is 0 Å². The summed E-state index contributed by atoms with van der Waals surface area (Å²) in [5, 5.41) is 5.67. The Balaban J connectivity index is 1.54. The smallest absolute Gasteiger partial charge is 0.410 e. The topological polar surface area (TPSA) is 70.7 Å². The van der Waals surface area contributed by atoms with Crippen LogP contribution in [0, 0.1) is 5.92 Å². The summed E-state index contributed by atoms with van der Waals surface area (Å²) in [6.07, 6.45) is 2.14. The number of urea groups is 1. The van der Waals surface area contributed by atoms with Crippen LogP contribution in [0.15, 0.2) is 24.3 Å². The molecule has 1 saturated heterocycles. The molecule has 2 aliphatic rings. The van der Waals surface area contributed by atoms with Gasteiger partial charge in [-0.15, -0.1) is 0 Å². The molecule has 0 atom stereocenters. The third-order valence-electron chi connectivity index (χ3n) is 3.65. The predicted octanol–water partition coefficient (Wildman–Crippen LogP) is 2.17. The Hall–Kier alpha value is -2.24. The number of ether oxygens (including phenoxy) is 1. The Kier molecular flexibility index (Phi) is 3.94. The zero-order valence-corrected chi connectivity index (χ0v) is 11.8. The van der Waals surface area contributed by atoms with Crippen molar-refractivity contribution in [2.75, 3.05) is 25.0 Å². The third kappa shape index (κ3) is 3.87. The molecule has 6 heteroatoms. The average molecular weight is 289 g/mol. The van der Waals surface area contributed by atoms with Gasteiger partial charge in [0.15, 0.2) is 0 Å². The molecule has 2 N–H and O–H groups in total. The molecule has 112 valence electrons. The van der Waals surface area contributed by atoms with Gasteiger partial charge in [0.25, 0.3) is 0 Å². The van der Waals surface area contributed by atoms with Crippen molar-refractivity contribution in [3.8, 4) is 0 Å². The van der Waals surface area contributed by atoms with Gasteiger partial charge in [0.05, 0.1) is 6.54 Å². The molecule has 1 aliphatic heterocycles. The summed E-state index contributed by atoms with van der Waals surface area (Å²) < 4.78 is 4.90. The summed E-state index contributed by atoms with van der Waals surface area (Å²) in [5.41, 5.74) is 1.70. The second-order valence-corrected chi connectivity index (χ2v) is 5.51. The molecule has 6 nitrogen and oxygen atoms in total. The van der Waals surface area contributed by atoms with E-state index in [0.717, 1.165) is 17.8 Å². The van der Waals surface area contributed by atoms with Crippen LogP contribution >= 0.6 is 0 Å². The molecule has 3 amide bonds. The van der Waals surface area contributed by atoms with E-state index >= 15 is 0 Å². The van der Waals surface area contributed by atoms with Gasteiger partial charge in [-0.1, -0.05) is 12.1 Å². The highest BCUT2D eigenvalue weighted by Gasteiger charge is 2.22. The normalized spacial score (nSPS) is 17.5. The van der Waals surface area contributed by atoms with Crippen molar-refractivity contribution in [1.29, 1.82) is 0 Å². The van der Waals surface area contributed by atoms with Gasteiger partial charge >= 0.3 is 12.1 Å². The van der Waals surface area contributed by atoms with Gasteiger partial charge in [-0.05, 0) is 36.5 Å². The van der Waals surface area contributed by atoms with E-state index in [1.807, 2.05) is 24.3 Å². The van der Waals surface area contributed by atoms with Crippen LogP contribution in [-0.2, 0) is 11.3 Å². The van der Waals surface area contributed by atoms with E-state index < -0.39 is 0 Å². The minimum absolute atomic E-state index is 0.181. The van der Waals surface area contributed by atoms with Gasteiger partial charge in [-0.2, -0.15) is 0 Å². The van der Waals surface area contributed by atoms with Crippen molar-refractivity contribution >= 4 is 17.8 Å². The molecule has 0 spiro atoms. The quantitative estimate of drug-likeness (QED) is 0.872. The fourth-order valence-electron chi connectivity index (χ4n) is 2.27. The lowest BCUT2D eigenvalue weighted by molar-refractivity contribution is 0.157. The Bertz CT molecular complexity index is 543. The molecular formula is C15H19N3O3. The lowest BCUT2D eigenvalue weighted by Gasteiger charge is -2.13. The van der Waals surface area contributed by atoms with Crippen molar-refractivity contribution in [1.82, 2.24) is 10.2 Å². The van der Waals surface area contributed by atoms with Gasteiger partial charge in [0.2, 0.25) is 0 Å². The first-order chi connectivity index (χ1) is 10.2. The van der Waals surface area contributed by atoms with Crippen LogP contribution in [0.3, 0.4) is 0 Å². The van der Waals surface area contributed by atoms with Crippen LogP contribution in [0.1, 0.15) is 18.4 Å². The molecule has 1 aromatic rings.